The predicted molar refractivity (Wildman–Crippen MR) is 111 cm³/mol. The average Bonchev–Trinajstić information content (AvgIpc) is 3.08. The number of nitrogens with one attached hydrogen (secondary N) is 2. The molecule has 1 heterocycles. The van der Waals surface area contributed by atoms with Gasteiger partial charge in [-0.15, -0.1) is 0 Å². The number of H-pyrrole nitrogens is 1. The molecule has 148 valence electrons. The Morgan fingerprint density at radius 1 is 1.11 bits per heavy atom. The van der Waals surface area contributed by atoms with E-state index >= 15 is 0 Å². The quantitative estimate of drug-likeness (QED) is 0.495. The molecule has 2 atom stereocenters. The van der Waals surface area contributed by atoms with Gasteiger partial charge in [-0.05, 0) is 30.9 Å². The van der Waals surface area contributed by atoms with Gasteiger partial charge in [0, 0.05) is 23.5 Å². The van der Waals surface area contributed by atoms with Gasteiger partial charge in [0.1, 0.15) is 0 Å². The van der Waals surface area contributed by atoms with Gasteiger partial charge in [0.25, 0.3) is 0 Å². The molecular formula is C22H33N3O2. The molecule has 5 heteroatoms. The molecule has 0 spiro atoms. The number of rotatable bonds is 12. The van der Waals surface area contributed by atoms with Crippen molar-refractivity contribution >= 4 is 22.6 Å². The number of carbonyl (C=O) groups is 2. The van der Waals surface area contributed by atoms with Crippen molar-refractivity contribution in [2.75, 3.05) is 0 Å². The van der Waals surface area contributed by atoms with Crippen LogP contribution >= 0.6 is 0 Å². The maximum absolute atomic E-state index is 12.5. The second-order valence-corrected chi connectivity index (χ2v) is 7.27. The fraction of sp³-hybridized carbons (Fsp3) is 0.545. The van der Waals surface area contributed by atoms with Crippen LogP contribution in [0.2, 0.25) is 0 Å². The zero-order valence-corrected chi connectivity index (χ0v) is 16.6. The third kappa shape index (κ3) is 6.21. The normalized spacial score (nSPS) is 13.4. The molecule has 0 saturated carbocycles. The first kappa shape index (κ1) is 21.2. The Morgan fingerprint density at radius 3 is 2.59 bits per heavy atom. The average molecular weight is 372 g/mol. The number of unbranched alkanes of at least 4 members (excludes halogenated alkanes) is 4. The molecule has 0 aliphatic rings. The first-order chi connectivity index (χ1) is 13.1. The minimum Gasteiger partial charge on any atom is -0.361 e. The van der Waals surface area contributed by atoms with Gasteiger partial charge in [0.2, 0.25) is 5.91 Å². The lowest BCUT2D eigenvalue weighted by atomic mass is 10.0. The SMILES string of the molecule is CCCCCCCC(=O)C(CC)NC(=O)C(N)Cc1c[nH]c2ccccc12. The number of hydrogen-bond acceptors (Lipinski definition) is 3. The van der Waals surface area contributed by atoms with Crippen molar-refractivity contribution in [1.82, 2.24) is 10.3 Å². The summed E-state index contributed by atoms with van der Waals surface area (Å²) in [6.45, 7) is 4.10. The van der Waals surface area contributed by atoms with Crippen molar-refractivity contribution < 1.29 is 9.59 Å². The lowest BCUT2D eigenvalue weighted by Crippen LogP contribution is -2.48. The third-order valence-electron chi connectivity index (χ3n) is 5.09. The van der Waals surface area contributed by atoms with Crippen LogP contribution < -0.4 is 11.1 Å². The number of carbonyl (C=O) groups excluding carboxylic acids is 2. The maximum atomic E-state index is 12.5. The van der Waals surface area contributed by atoms with E-state index in [0.717, 1.165) is 29.3 Å². The van der Waals surface area contributed by atoms with Crippen molar-refractivity contribution in [3.8, 4) is 0 Å². The van der Waals surface area contributed by atoms with Gasteiger partial charge in [-0.1, -0.05) is 57.7 Å². The highest BCUT2D eigenvalue weighted by molar-refractivity contribution is 5.91. The largest absolute Gasteiger partial charge is 0.361 e. The summed E-state index contributed by atoms with van der Waals surface area (Å²) in [5.41, 5.74) is 8.17. The summed E-state index contributed by atoms with van der Waals surface area (Å²) >= 11 is 0. The van der Waals surface area contributed by atoms with Crippen LogP contribution in [0.1, 0.15) is 64.4 Å². The number of Topliss-reactive ketones (excluding diaryl/α,β-unsaturated/α-hetero) is 1. The van der Waals surface area contributed by atoms with E-state index in [2.05, 4.69) is 17.2 Å². The molecule has 27 heavy (non-hydrogen) atoms. The van der Waals surface area contributed by atoms with Crippen molar-refractivity contribution in [3.05, 3.63) is 36.0 Å². The first-order valence-corrected chi connectivity index (χ1v) is 10.2. The van der Waals surface area contributed by atoms with Crippen LogP contribution in [0.4, 0.5) is 0 Å². The Hall–Kier alpha value is -2.14. The van der Waals surface area contributed by atoms with Gasteiger partial charge in [-0.2, -0.15) is 0 Å². The molecule has 5 nitrogen and oxygen atoms in total. The van der Waals surface area contributed by atoms with Crippen LogP contribution in [-0.4, -0.2) is 28.8 Å². The van der Waals surface area contributed by atoms with Gasteiger partial charge < -0.3 is 16.0 Å². The molecule has 2 aromatic rings. The topological polar surface area (TPSA) is 88.0 Å². The molecule has 1 amide bonds. The van der Waals surface area contributed by atoms with Gasteiger partial charge in [-0.3, -0.25) is 9.59 Å². The molecule has 2 rings (SSSR count). The fourth-order valence-corrected chi connectivity index (χ4v) is 3.40. The Bertz CT molecular complexity index is 738. The zero-order chi connectivity index (χ0) is 19.6. The van der Waals surface area contributed by atoms with Crippen molar-refractivity contribution in [3.63, 3.8) is 0 Å². The van der Waals surface area contributed by atoms with E-state index in [-0.39, 0.29) is 11.7 Å². The predicted octanol–water partition coefficient (Wildman–Crippen LogP) is 3.86. The van der Waals surface area contributed by atoms with Crippen LogP contribution in [0, 0.1) is 0 Å². The number of para-hydroxylation sites is 1. The van der Waals surface area contributed by atoms with Crippen LogP contribution in [0.25, 0.3) is 10.9 Å². The van der Waals surface area contributed by atoms with Gasteiger partial charge in [0.15, 0.2) is 5.78 Å². The van der Waals surface area contributed by atoms with E-state index in [0.29, 0.717) is 19.3 Å². The molecule has 0 aliphatic heterocycles. The van der Waals surface area contributed by atoms with Gasteiger partial charge >= 0.3 is 0 Å². The number of benzene rings is 1. The second kappa shape index (κ2) is 10.9. The summed E-state index contributed by atoms with van der Waals surface area (Å²) in [5, 5.41) is 3.93. The zero-order valence-electron chi connectivity index (χ0n) is 16.6. The first-order valence-electron chi connectivity index (χ1n) is 10.2. The van der Waals surface area contributed by atoms with E-state index in [1.54, 1.807) is 0 Å². The lowest BCUT2D eigenvalue weighted by Gasteiger charge is -2.19. The van der Waals surface area contributed by atoms with Crippen LogP contribution in [0.3, 0.4) is 0 Å². The molecule has 0 fully saturated rings. The van der Waals surface area contributed by atoms with Gasteiger partial charge in [-0.25, -0.2) is 0 Å². The van der Waals surface area contributed by atoms with Crippen LogP contribution in [0.15, 0.2) is 30.5 Å². The number of amides is 1. The number of ketones is 1. The highest BCUT2D eigenvalue weighted by Gasteiger charge is 2.22. The number of aromatic nitrogens is 1. The third-order valence-corrected chi connectivity index (χ3v) is 5.09. The standard InChI is InChI=1S/C22H33N3O2/c1-3-5-6-7-8-13-21(26)19(4-2)25-22(27)18(23)14-16-15-24-20-12-10-9-11-17(16)20/h9-12,15,18-19,24H,3-8,13-14,23H2,1-2H3,(H,25,27). The second-order valence-electron chi connectivity index (χ2n) is 7.27. The van der Waals surface area contributed by atoms with E-state index in [1.807, 2.05) is 37.4 Å². The molecule has 0 radical (unpaired) electrons. The van der Waals surface area contributed by atoms with E-state index in [4.69, 9.17) is 5.73 Å². The van der Waals surface area contributed by atoms with E-state index in [1.165, 1.54) is 19.3 Å². The number of aromatic amines is 1. The highest BCUT2D eigenvalue weighted by atomic mass is 16.2. The number of fused-ring (bicyclic) bond motifs is 1. The highest BCUT2D eigenvalue weighted by Crippen LogP contribution is 2.18. The van der Waals surface area contributed by atoms with Crippen LogP contribution in [0.5, 0.6) is 0 Å². The Labute approximate surface area is 162 Å². The molecule has 1 aromatic carbocycles. The summed E-state index contributed by atoms with van der Waals surface area (Å²) in [6, 6.07) is 6.85. The minimum atomic E-state index is -0.671. The molecule has 0 aliphatic carbocycles. The molecule has 4 N–H and O–H groups in total. The molecule has 1 aromatic heterocycles. The summed E-state index contributed by atoms with van der Waals surface area (Å²) in [6.07, 6.45) is 9.01. The summed E-state index contributed by atoms with van der Waals surface area (Å²) in [7, 11) is 0. The van der Waals surface area contributed by atoms with Gasteiger partial charge in [0.05, 0.1) is 12.1 Å². The van der Waals surface area contributed by atoms with E-state index in [9.17, 15) is 9.59 Å². The lowest BCUT2D eigenvalue weighted by molar-refractivity contribution is -0.128. The smallest absolute Gasteiger partial charge is 0.237 e. The van der Waals surface area contributed by atoms with Crippen molar-refractivity contribution in [2.24, 2.45) is 5.73 Å². The number of hydrogen-bond donors (Lipinski definition) is 3. The molecule has 2 unspecified atom stereocenters. The summed E-state index contributed by atoms with van der Waals surface area (Å²) in [5.74, 6) is -0.145. The number of nitrogens with two attached hydrogens (primary N) is 1. The molecule has 0 bridgehead atoms. The van der Waals surface area contributed by atoms with Crippen LogP contribution in [-0.2, 0) is 16.0 Å². The summed E-state index contributed by atoms with van der Waals surface area (Å²) in [4.78, 5) is 28.1. The monoisotopic (exact) mass is 371 g/mol. The Balaban J connectivity index is 1.85. The maximum Gasteiger partial charge on any atom is 0.237 e. The fourth-order valence-electron chi connectivity index (χ4n) is 3.40. The molecular weight excluding hydrogens is 338 g/mol. The molecule has 0 saturated heterocycles. The van der Waals surface area contributed by atoms with E-state index < -0.39 is 12.1 Å². The Kier molecular flexibility index (Phi) is 8.52. The minimum absolute atomic E-state index is 0.113. The van der Waals surface area contributed by atoms with Crippen molar-refractivity contribution in [2.45, 2.75) is 77.3 Å². The van der Waals surface area contributed by atoms with Crippen molar-refractivity contribution in [1.29, 1.82) is 0 Å². The summed E-state index contributed by atoms with van der Waals surface area (Å²) < 4.78 is 0. The Morgan fingerprint density at radius 2 is 1.85 bits per heavy atom.